The van der Waals surface area contributed by atoms with Crippen molar-refractivity contribution in [1.29, 1.82) is 0 Å². The Kier molecular flexibility index (Phi) is 4.29. The highest BCUT2D eigenvalue weighted by Gasteiger charge is 2.34. The van der Waals surface area contributed by atoms with Crippen LogP contribution in [0.15, 0.2) is 0 Å². The molecule has 4 N–H and O–H groups in total. The number of rotatable bonds is 6. The third-order valence-corrected chi connectivity index (χ3v) is 3.03. The predicted molar refractivity (Wildman–Crippen MR) is 59.8 cm³/mol. The molecule has 1 saturated carbocycles. The lowest BCUT2D eigenvalue weighted by atomic mass is 9.75. The fourth-order valence-corrected chi connectivity index (χ4v) is 1.85. The lowest BCUT2D eigenvalue weighted by molar-refractivity contribution is -0.138. The number of aliphatic carboxylic acids is 1. The van der Waals surface area contributed by atoms with E-state index < -0.39 is 5.97 Å². The van der Waals surface area contributed by atoms with E-state index in [-0.39, 0.29) is 23.8 Å². The molecule has 0 radical (unpaired) electrons. The molecule has 1 aliphatic rings. The molecule has 0 aliphatic heterocycles. The number of nitrogens with two attached hydrogens (primary N) is 1. The maximum Gasteiger partial charge on any atom is 0.303 e. The van der Waals surface area contributed by atoms with Crippen molar-refractivity contribution in [3.8, 4) is 0 Å². The van der Waals surface area contributed by atoms with Crippen LogP contribution in [0.5, 0.6) is 0 Å². The minimum Gasteiger partial charge on any atom is -0.481 e. The van der Waals surface area contributed by atoms with E-state index in [1.165, 1.54) is 0 Å². The zero-order valence-corrected chi connectivity index (χ0v) is 9.66. The van der Waals surface area contributed by atoms with Crippen molar-refractivity contribution in [2.45, 2.75) is 44.6 Å². The van der Waals surface area contributed by atoms with Crippen LogP contribution in [0.2, 0.25) is 0 Å². The van der Waals surface area contributed by atoms with Crippen LogP contribution in [0.4, 0.5) is 0 Å². The number of hydrogen-bond donors (Lipinski definition) is 3. The summed E-state index contributed by atoms with van der Waals surface area (Å²) in [6, 6.07) is 0. The van der Waals surface area contributed by atoms with Gasteiger partial charge in [0.05, 0.1) is 0 Å². The summed E-state index contributed by atoms with van der Waals surface area (Å²) in [6.07, 6.45) is 3.34. The molecule has 1 amide bonds. The van der Waals surface area contributed by atoms with Gasteiger partial charge in [0.15, 0.2) is 0 Å². The molecule has 5 nitrogen and oxygen atoms in total. The average molecular weight is 228 g/mol. The Bertz CT molecular complexity index is 274. The molecule has 0 aromatic carbocycles. The highest BCUT2D eigenvalue weighted by molar-refractivity contribution is 5.77. The van der Waals surface area contributed by atoms with Crippen LogP contribution >= 0.6 is 0 Å². The molecule has 0 spiro atoms. The van der Waals surface area contributed by atoms with Crippen molar-refractivity contribution in [2.24, 2.45) is 11.7 Å². The lowest BCUT2D eigenvalue weighted by Gasteiger charge is -2.37. The van der Waals surface area contributed by atoms with Gasteiger partial charge in [-0.05, 0) is 25.2 Å². The second-order valence-corrected chi connectivity index (χ2v) is 4.90. The van der Waals surface area contributed by atoms with Crippen molar-refractivity contribution in [3.63, 3.8) is 0 Å². The Morgan fingerprint density at radius 1 is 1.50 bits per heavy atom. The van der Waals surface area contributed by atoms with Crippen LogP contribution in [0, 0.1) is 5.92 Å². The van der Waals surface area contributed by atoms with E-state index >= 15 is 0 Å². The topological polar surface area (TPSA) is 92.4 Å². The Hall–Kier alpha value is -1.10. The second-order valence-electron chi connectivity index (χ2n) is 4.90. The van der Waals surface area contributed by atoms with E-state index in [9.17, 15) is 9.59 Å². The standard InChI is InChI=1S/C11H20N2O3/c1-8(5-10(15)16)7-13-9(14)6-11(12)3-2-4-11/h8H,2-7,12H2,1H3,(H,13,14)(H,15,16). The van der Waals surface area contributed by atoms with Gasteiger partial charge in [-0.1, -0.05) is 6.92 Å². The van der Waals surface area contributed by atoms with Crippen molar-refractivity contribution in [1.82, 2.24) is 5.32 Å². The molecule has 1 unspecified atom stereocenters. The van der Waals surface area contributed by atoms with E-state index in [1.54, 1.807) is 6.92 Å². The predicted octanol–water partition coefficient (Wildman–Crippen LogP) is 0.485. The van der Waals surface area contributed by atoms with Gasteiger partial charge in [-0.15, -0.1) is 0 Å². The third kappa shape index (κ3) is 4.18. The SMILES string of the molecule is CC(CNC(=O)CC1(N)CCC1)CC(=O)O. The van der Waals surface area contributed by atoms with Crippen LogP contribution in [-0.4, -0.2) is 29.1 Å². The van der Waals surface area contributed by atoms with Crippen LogP contribution < -0.4 is 11.1 Å². The van der Waals surface area contributed by atoms with Gasteiger partial charge in [-0.2, -0.15) is 0 Å². The largest absolute Gasteiger partial charge is 0.481 e. The van der Waals surface area contributed by atoms with E-state index in [1.807, 2.05) is 0 Å². The molecule has 92 valence electrons. The summed E-state index contributed by atoms with van der Waals surface area (Å²) in [7, 11) is 0. The fourth-order valence-electron chi connectivity index (χ4n) is 1.85. The molecule has 1 fully saturated rings. The maximum absolute atomic E-state index is 11.5. The molecule has 0 aromatic rings. The molecule has 16 heavy (non-hydrogen) atoms. The van der Waals surface area contributed by atoms with E-state index in [2.05, 4.69) is 5.32 Å². The quantitative estimate of drug-likeness (QED) is 0.616. The first-order valence-electron chi connectivity index (χ1n) is 5.69. The first-order valence-corrected chi connectivity index (χ1v) is 5.69. The smallest absolute Gasteiger partial charge is 0.303 e. The molecule has 1 atom stereocenters. The molecule has 0 heterocycles. The number of nitrogens with one attached hydrogen (secondary N) is 1. The molecule has 0 aromatic heterocycles. The Labute approximate surface area is 95.4 Å². The minimum atomic E-state index is -0.837. The van der Waals surface area contributed by atoms with Gasteiger partial charge >= 0.3 is 5.97 Å². The van der Waals surface area contributed by atoms with E-state index in [0.29, 0.717) is 13.0 Å². The van der Waals surface area contributed by atoms with Gasteiger partial charge in [0.1, 0.15) is 0 Å². The summed E-state index contributed by atoms with van der Waals surface area (Å²) in [4.78, 5) is 21.9. The molecule has 0 bridgehead atoms. The summed E-state index contributed by atoms with van der Waals surface area (Å²) in [5, 5.41) is 11.3. The zero-order chi connectivity index (χ0) is 12.2. The summed E-state index contributed by atoms with van der Waals surface area (Å²) in [5.41, 5.74) is 5.63. The van der Waals surface area contributed by atoms with Crippen LogP contribution in [-0.2, 0) is 9.59 Å². The number of carboxylic acids is 1. The fraction of sp³-hybridized carbons (Fsp3) is 0.818. The Morgan fingerprint density at radius 2 is 2.12 bits per heavy atom. The minimum absolute atomic E-state index is 0.0448. The number of carbonyl (C=O) groups is 2. The van der Waals surface area contributed by atoms with Crippen molar-refractivity contribution < 1.29 is 14.7 Å². The maximum atomic E-state index is 11.5. The number of amides is 1. The van der Waals surface area contributed by atoms with Gasteiger partial charge < -0.3 is 16.2 Å². The van der Waals surface area contributed by atoms with Crippen molar-refractivity contribution in [3.05, 3.63) is 0 Å². The summed E-state index contributed by atoms with van der Waals surface area (Å²) >= 11 is 0. The summed E-state index contributed by atoms with van der Waals surface area (Å²) in [6.45, 7) is 2.21. The van der Waals surface area contributed by atoms with Gasteiger partial charge in [0, 0.05) is 24.9 Å². The van der Waals surface area contributed by atoms with E-state index in [0.717, 1.165) is 19.3 Å². The highest BCUT2D eigenvalue weighted by Crippen LogP contribution is 2.31. The van der Waals surface area contributed by atoms with Crippen molar-refractivity contribution in [2.75, 3.05) is 6.54 Å². The molecule has 1 rings (SSSR count). The first-order chi connectivity index (χ1) is 7.41. The van der Waals surface area contributed by atoms with Crippen LogP contribution in [0.3, 0.4) is 0 Å². The molecular weight excluding hydrogens is 208 g/mol. The van der Waals surface area contributed by atoms with Gasteiger partial charge in [-0.25, -0.2) is 0 Å². The molecular formula is C11H20N2O3. The van der Waals surface area contributed by atoms with Gasteiger partial charge in [0.25, 0.3) is 0 Å². The normalized spacial score (nSPS) is 19.6. The highest BCUT2D eigenvalue weighted by atomic mass is 16.4. The monoisotopic (exact) mass is 228 g/mol. The van der Waals surface area contributed by atoms with E-state index in [4.69, 9.17) is 10.8 Å². The van der Waals surface area contributed by atoms with Crippen molar-refractivity contribution >= 4 is 11.9 Å². The summed E-state index contributed by atoms with van der Waals surface area (Å²) in [5.74, 6) is -0.952. The lowest BCUT2D eigenvalue weighted by Crippen LogP contribution is -2.50. The number of carboxylic acid groups (broad SMARTS) is 1. The molecule has 1 aliphatic carbocycles. The van der Waals surface area contributed by atoms with Gasteiger partial charge in [0.2, 0.25) is 5.91 Å². The molecule has 0 saturated heterocycles. The second kappa shape index (κ2) is 5.30. The average Bonchev–Trinajstić information content (AvgIpc) is 2.11. The van der Waals surface area contributed by atoms with Gasteiger partial charge in [-0.3, -0.25) is 9.59 Å². The van der Waals surface area contributed by atoms with Crippen LogP contribution in [0.25, 0.3) is 0 Å². The zero-order valence-electron chi connectivity index (χ0n) is 9.66. The Balaban J connectivity index is 2.17. The third-order valence-electron chi connectivity index (χ3n) is 3.03. The summed E-state index contributed by atoms with van der Waals surface area (Å²) < 4.78 is 0. The molecule has 5 heteroatoms. The number of carbonyl (C=O) groups excluding carboxylic acids is 1. The van der Waals surface area contributed by atoms with Crippen LogP contribution in [0.1, 0.15) is 39.0 Å². The number of hydrogen-bond acceptors (Lipinski definition) is 3. The Morgan fingerprint density at radius 3 is 2.56 bits per heavy atom. The first kappa shape index (κ1) is 13.0.